The first-order chi connectivity index (χ1) is 13.5. The van der Waals surface area contributed by atoms with E-state index in [-0.39, 0.29) is 18.4 Å². The number of hydrogen-bond acceptors (Lipinski definition) is 7. The molecule has 1 N–H and O–H groups in total. The molecule has 1 atom stereocenters. The molecule has 0 saturated carbocycles. The molecule has 4 aromatic heterocycles. The maximum atomic E-state index is 13.7. The molecule has 144 valence electrons. The van der Waals surface area contributed by atoms with Crippen molar-refractivity contribution in [1.82, 2.24) is 34.7 Å². The second-order valence-corrected chi connectivity index (χ2v) is 7.46. The SMILES string of the molecule is Cc1cc(C)n(C(C)c2nnc(Nc3ccn(Cc4ncccc4F)n3)s2)n1. The van der Waals surface area contributed by atoms with Gasteiger partial charge in [-0.2, -0.15) is 10.2 Å². The van der Waals surface area contributed by atoms with Gasteiger partial charge >= 0.3 is 0 Å². The molecular formula is C18H19FN8S. The Kier molecular flexibility index (Phi) is 4.86. The average molecular weight is 398 g/mol. The van der Waals surface area contributed by atoms with Crippen molar-refractivity contribution in [2.45, 2.75) is 33.4 Å². The minimum atomic E-state index is -0.348. The molecule has 0 spiro atoms. The Bertz CT molecular complexity index is 1100. The lowest BCUT2D eigenvalue weighted by Gasteiger charge is -2.10. The summed E-state index contributed by atoms with van der Waals surface area (Å²) in [5, 5.41) is 22.0. The molecule has 1 unspecified atom stereocenters. The molecule has 0 aliphatic heterocycles. The Hall–Kier alpha value is -3.14. The van der Waals surface area contributed by atoms with Crippen LogP contribution in [0.3, 0.4) is 0 Å². The minimum absolute atomic E-state index is 0.00793. The number of nitrogens with zero attached hydrogens (tertiary/aromatic N) is 7. The Morgan fingerprint density at radius 3 is 2.82 bits per heavy atom. The third kappa shape index (κ3) is 3.77. The summed E-state index contributed by atoms with van der Waals surface area (Å²) >= 11 is 1.45. The van der Waals surface area contributed by atoms with E-state index in [1.165, 1.54) is 17.4 Å². The summed E-state index contributed by atoms with van der Waals surface area (Å²) in [6.07, 6.45) is 3.32. The van der Waals surface area contributed by atoms with Crippen molar-refractivity contribution in [3.8, 4) is 0 Å². The summed E-state index contributed by atoms with van der Waals surface area (Å²) in [4.78, 5) is 4.04. The zero-order chi connectivity index (χ0) is 19.7. The van der Waals surface area contributed by atoms with Crippen LogP contribution in [0, 0.1) is 19.7 Å². The molecule has 0 saturated heterocycles. The molecule has 4 aromatic rings. The van der Waals surface area contributed by atoms with E-state index in [1.807, 2.05) is 31.5 Å². The van der Waals surface area contributed by atoms with Crippen LogP contribution in [0.4, 0.5) is 15.3 Å². The number of halogens is 1. The van der Waals surface area contributed by atoms with Crippen LogP contribution in [0.5, 0.6) is 0 Å². The fraction of sp³-hybridized carbons (Fsp3) is 0.278. The lowest BCUT2D eigenvalue weighted by molar-refractivity contribution is 0.540. The van der Waals surface area contributed by atoms with E-state index in [4.69, 9.17) is 0 Å². The Balaban J connectivity index is 1.45. The molecule has 0 fully saturated rings. The van der Waals surface area contributed by atoms with Crippen molar-refractivity contribution < 1.29 is 4.39 Å². The maximum Gasteiger partial charge on any atom is 0.211 e. The van der Waals surface area contributed by atoms with E-state index in [0.29, 0.717) is 16.6 Å². The molecule has 0 aliphatic rings. The summed E-state index contributed by atoms with van der Waals surface area (Å²) in [7, 11) is 0. The Labute approximate surface area is 165 Å². The molecule has 0 bridgehead atoms. The first kappa shape index (κ1) is 18.2. The lowest BCUT2D eigenvalue weighted by Crippen LogP contribution is -2.10. The zero-order valence-corrected chi connectivity index (χ0v) is 16.5. The zero-order valence-electron chi connectivity index (χ0n) is 15.7. The number of anilines is 2. The van der Waals surface area contributed by atoms with Crippen molar-refractivity contribution in [2.75, 3.05) is 5.32 Å². The van der Waals surface area contributed by atoms with Gasteiger partial charge in [0.15, 0.2) is 5.82 Å². The van der Waals surface area contributed by atoms with Crippen LogP contribution in [0.1, 0.15) is 35.1 Å². The highest BCUT2D eigenvalue weighted by Crippen LogP contribution is 2.27. The fourth-order valence-electron chi connectivity index (χ4n) is 2.91. The number of rotatable bonds is 6. The van der Waals surface area contributed by atoms with Gasteiger partial charge in [0.2, 0.25) is 5.13 Å². The Morgan fingerprint density at radius 1 is 1.21 bits per heavy atom. The molecule has 0 aliphatic carbocycles. The van der Waals surface area contributed by atoms with Crippen LogP contribution in [0.2, 0.25) is 0 Å². The molecule has 4 rings (SSSR count). The van der Waals surface area contributed by atoms with Crippen molar-refractivity contribution in [2.24, 2.45) is 0 Å². The van der Waals surface area contributed by atoms with Crippen LogP contribution in [0.15, 0.2) is 36.7 Å². The monoisotopic (exact) mass is 398 g/mol. The molecule has 28 heavy (non-hydrogen) atoms. The standard InChI is InChI=1S/C18H19FN8S/c1-11-9-12(2)27(24-11)13(3)17-22-23-18(28-17)21-16-6-8-26(25-16)10-15-14(19)5-4-7-20-15/h4-9,13H,10H2,1-3H3,(H,21,23,25). The third-order valence-electron chi connectivity index (χ3n) is 4.23. The van der Waals surface area contributed by atoms with Gasteiger partial charge in [0, 0.05) is 24.2 Å². The van der Waals surface area contributed by atoms with E-state index in [0.717, 1.165) is 16.4 Å². The van der Waals surface area contributed by atoms with E-state index in [1.54, 1.807) is 29.2 Å². The summed E-state index contributed by atoms with van der Waals surface area (Å²) in [6.45, 7) is 6.29. The summed E-state index contributed by atoms with van der Waals surface area (Å²) in [6, 6.07) is 6.78. The van der Waals surface area contributed by atoms with Gasteiger partial charge in [-0.15, -0.1) is 10.2 Å². The number of hydrogen-bond donors (Lipinski definition) is 1. The molecule has 4 heterocycles. The largest absolute Gasteiger partial charge is 0.313 e. The summed E-state index contributed by atoms with van der Waals surface area (Å²) < 4.78 is 17.3. The summed E-state index contributed by atoms with van der Waals surface area (Å²) in [5.41, 5.74) is 2.39. The van der Waals surface area contributed by atoms with Gasteiger partial charge in [0.25, 0.3) is 0 Å². The van der Waals surface area contributed by atoms with Crippen LogP contribution in [-0.2, 0) is 6.54 Å². The highest BCUT2D eigenvalue weighted by Gasteiger charge is 2.17. The molecular weight excluding hydrogens is 379 g/mol. The van der Waals surface area contributed by atoms with E-state index in [9.17, 15) is 4.39 Å². The first-order valence-electron chi connectivity index (χ1n) is 8.75. The molecule has 10 heteroatoms. The molecule has 0 radical (unpaired) electrons. The highest BCUT2D eigenvalue weighted by molar-refractivity contribution is 7.15. The fourth-order valence-corrected chi connectivity index (χ4v) is 3.70. The van der Waals surface area contributed by atoms with Gasteiger partial charge < -0.3 is 5.32 Å². The van der Waals surface area contributed by atoms with Gasteiger partial charge in [0.05, 0.1) is 17.9 Å². The third-order valence-corrected chi connectivity index (χ3v) is 5.24. The van der Waals surface area contributed by atoms with E-state index >= 15 is 0 Å². The van der Waals surface area contributed by atoms with Crippen molar-refractivity contribution in [1.29, 1.82) is 0 Å². The second kappa shape index (κ2) is 7.47. The number of aryl methyl sites for hydroxylation is 2. The van der Waals surface area contributed by atoms with Crippen LogP contribution in [0.25, 0.3) is 0 Å². The lowest BCUT2D eigenvalue weighted by atomic mass is 10.3. The Morgan fingerprint density at radius 2 is 2.07 bits per heavy atom. The van der Waals surface area contributed by atoms with Crippen LogP contribution >= 0.6 is 11.3 Å². The predicted octanol–water partition coefficient (Wildman–Crippen LogP) is 3.48. The molecule has 8 nitrogen and oxygen atoms in total. The second-order valence-electron chi connectivity index (χ2n) is 6.45. The first-order valence-corrected chi connectivity index (χ1v) is 9.57. The minimum Gasteiger partial charge on any atom is -0.313 e. The van der Waals surface area contributed by atoms with Gasteiger partial charge in [-0.25, -0.2) is 4.39 Å². The molecule has 0 aromatic carbocycles. The van der Waals surface area contributed by atoms with E-state index in [2.05, 4.69) is 30.7 Å². The molecule has 0 amide bonds. The normalized spacial score (nSPS) is 12.3. The average Bonchev–Trinajstić information content (AvgIpc) is 3.38. The highest BCUT2D eigenvalue weighted by atomic mass is 32.1. The van der Waals surface area contributed by atoms with Gasteiger partial charge in [-0.05, 0) is 39.0 Å². The van der Waals surface area contributed by atoms with Crippen LogP contribution < -0.4 is 5.32 Å². The topological polar surface area (TPSA) is 86.3 Å². The smallest absolute Gasteiger partial charge is 0.211 e. The summed E-state index contributed by atoms with van der Waals surface area (Å²) in [5.74, 6) is 0.261. The number of nitrogens with one attached hydrogen (secondary N) is 1. The van der Waals surface area contributed by atoms with Gasteiger partial charge in [-0.1, -0.05) is 11.3 Å². The number of pyridine rings is 1. The van der Waals surface area contributed by atoms with E-state index < -0.39 is 0 Å². The van der Waals surface area contributed by atoms with Crippen molar-refractivity contribution >= 4 is 22.3 Å². The van der Waals surface area contributed by atoms with Gasteiger partial charge in [0.1, 0.15) is 16.9 Å². The van der Waals surface area contributed by atoms with Crippen LogP contribution in [-0.4, -0.2) is 34.7 Å². The number of aromatic nitrogens is 7. The van der Waals surface area contributed by atoms with Crippen molar-refractivity contribution in [3.63, 3.8) is 0 Å². The maximum absolute atomic E-state index is 13.7. The quantitative estimate of drug-likeness (QED) is 0.535. The predicted molar refractivity (Wildman–Crippen MR) is 104 cm³/mol. The van der Waals surface area contributed by atoms with Gasteiger partial charge in [-0.3, -0.25) is 14.3 Å². The van der Waals surface area contributed by atoms with Crippen molar-refractivity contribution in [3.05, 3.63) is 64.6 Å².